The van der Waals surface area contributed by atoms with Crippen LogP contribution in [-0.2, 0) is 22.0 Å². The van der Waals surface area contributed by atoms with Gasteiger partial charge in [-0.2, -0.15) is 22.0 Å². The van der Waals surface area contributed by atoms with Gasteiger partial charge in [0.25, 0.3) is 0 Å². The normalized spacial score (nSPS) is 27.7. The first-order valence-corrected chi connectivity index (χ1v) is 19.3. The highest BCUT2D eigenvalue weighted by atomic mass is 32.2. The molecule has 2 aromatic rings. The van der Waals surface area contributed by atoms with Crippen molar-refractivity contribution in [3.8, 4) is 5.75 Å². The number of oxime groups is 1. The van der Waals surface area contributed by atoms with Crippen LogP contribution in [0.4, 0.5) is 38.1 Å². The van der Waals surface area contributed by atoms with Crippen molar-refractivity contribution in [1.82, 2.24) is 0 Å². The smallest absolute Gasteiger partial charge is 0.411 e. The van der Waals surface area contributed by atoms with Crippen LogP contribution in [0.1, 0.15) is 75.3 Å². The van der Waals surface area contributed by atoms with Gasteiger partial charge in [0.2, 0.25) is 0 Å². The highest BCUT2D eigenvalue weighted by molar-refractivity contribution is 7.84. The number of benzene rings is 2. The number of anilines is 2. The number of hydrogen-bond acceptors (Lipinski definition) is 7. The van der Waals surface area contributed by atoms with E-state index in [0.29, 0.717) is 43.9 Å². The van der Waals surface area contributed by atoms with Gasteiger partial charge in [0.15, 0.2) is 0 Å². The van der Waals surface area contributed by atoms with Crippen molar-refractivity contribution in [2.45, 2.75) is 82.7 Å². The van der Waals surface area contributed by atoms with Crippen molar-refractivity contribution in [3.63, 3.8) is 0 Å². The summed E-state index contributed by atoms with van der Waals surface area (Å²) in [5, 5.41) is 16.3. The molecule has 1 aliphatic heterocycles. The summed E-state index contributed by atoms with van der Waals surface area (Å²) in [5.41, 5.74) is 4.56. The van der Waals surface area contributed by atoms with Gasteiger partial charge in [-0.1, -0.05) is 18.1 Å². The molecule has 1 unspecified atom stereocenters. The number of carbonyl (C=O) groups is 1. The average molecular weight is 740 g/mol. The van der Waals surface area contributed by atoms with Crippen molar-refractivity contribution in [3.05, 3.63) is 53.6 Å². The molecule has 2 saturated carbocycles. The molecule has 0 radical (unpaired) electrons. The fourth-order valence-corrected chi connectivity index (χ4v) is 10.3. The fraction of sp³-hybridized carbons (Fsp3) is 0.622. The standard InChI is InChI=1S/C37H46F5N3O5S/c1-35-15-13-30-29-10-9-28(50-34(46)43-26-5-7-27(8-6-26)45-16-18-49-19-17-45)23-25(29)22-24(33(30)31(35)11-12-32(35)44-47)4-2-20-51(48)21-3-14-36(38,39)37(40,41)42/h5-10,23-24,30-31,33,47H,2-4,11-22H2,1H3,(H,43,46)/b44-32-/t24-,30-,31+,33-,35+,51?/m1/s1. The van der Waals surface area contributed by atoms with Gasteiger partial charge in [-0.3, -0.25) is 9.53 Å². The first kappa shape index (κ1) is 37.5. The molecule has 51 heavy (non-hydrogen) atoms. The molecule has 6 atom stereocenters. The second-order valence-corrected chi connectivity index (χ2v) is 16.3. The number of morpholine rings is 1. The van der Waals surface area contributed by atoms with E-state index < -0.39 is 41.8 Å². The van der Waals surface area contributed by atoms with Crippen molar-refractivity contribution >= 4 is 34.0 Å². The Labute approximate surface area is 297 Å². The van der Waals surface area contributed by atoms with Crippen molar-refractivity contribution in [1.29, 1.82) is 0 Å². The lowest BCUT2D eigenvalue weighted by molar-refractivity contribution is -0.284. The lowest BCUT2D eigenvalue weighted by atomic mass is 9.52. The third-order valence-electron chi connectivity index (χ3n) is 11.7. The zero-order valence-corrected chi connectivity index (χ0v) is 29.5. The topological polar surface area (TPSA) is 100 Å². The van der Waals surface area contributed by atoms with Gasteiger partial charge in [0.1, 0.15) is 5.75 Å². The highest BCUT2D eigenvalue weighted by Crippen LogP contribution is 2.62. The van der Waals surface area contributed by atoms with Crippen LogP contribution in [0.5, 0.6) is 5.75 Å². The fourth-order valence-electron chi connectivity index (χ4n) is 9.10. The van der Waals surface area contributed by atoms with E-state index >= 15 is 0 Å². The van der Waals surface area contributed by atoms with Crippen LogP contribution in [-0.4, -0.2) is 71.1 Å². The monoisotopic (exact) mass is 739 g/mol. The van der Waals surface area contributed by atoms with Crippen LogP contribution in [0.3, 0.4) is 0 Å². The second kappa shape index (κ2) is 15.4. The summed E-state index contributed by atoms with van der Waals surface area (Å²) in [7, 11) is -1.52. The minimum Gasteiger partial charge on any atom is -0.411 e. The Morgan fingerprint density at radius 1 is 1.08 bits per heavy atom. The number of alkyl halides is 5. The van der Waals surface area contributed by atoms with Crippen molar-refractivity contribution in [2.24, 2.45) is 28.3 Å². The van der Waals surface area contributed by atoms with Crippen LogP contribution < -0.4 is 15.0 Å². The third kappa shape index (κ3) is 8.21. The molecule has 2 N–H and O–H groups in total. The molecule has 0 bridgehead atoms. The molecule has 3 aliphatic carbocycles. The van der Waals surface area contributed by atoms with E-state index in [0.717, 1.165) is 55.7 Å². The first-order valence-electron chi connectivity index (χ1n) is 17.8. The van der Waals surface area contributed by atoms with E-state index in [1.807, 2.05) is 42.5 Å². The number of rotatable bonds is 11. The van der Waals surface area contributed by atoms with Crippen LogP contribution in [0, 0.1) is 23.2 Å². The van der Waals surface area contributed by atoms with Gasteiger partial charge >= 0.3 is 18.2 Å². The molecule has 280 valence electrons. The number of hydrogen-bond donors (Lipinski definition) is 2. The van der Waals surface area contributed by atoms with Gasteiger partial charge in [0.05, 0.1) is 18.9 Å². The largest absolute Gasteiger partial charge is 0.453 e. The van der Waals surface area contributed by atoms with E-state index in [-0.39, 0.29) is 40.6 Å². The predicted octanol–water partition coefficient (Wildman–Crippen LogP) is 8.55. The number of nitrogens with zero attached hydrogens (tertiary/aromatic N) is 2. The average Bonchev–Trinajstić information content (AvgIpc) is 3.44. The van der Waals surface area contributed by atoms with Gasteiger partial charge in [-0.25, -0.2) is 4.79 Å². The molecule has 4 aliphatic rings. The molecule has 6 rings (SSSR count). The summed E-state index contributed by atoms with van der Waals surface area (Å²) < 4.78 is 88.1. The molecule has 1 heterocycles. The first-order chi connectivity index (χ1) is 24.3. The van der Waals surface area contributed by atoms with Crippen molar-refractivity contribution in [2.75, 3.05) is 48.0 Å². The van der Waals surface area contributed by atoms with E-state index in [1.54, 1.807) is 0 Å². The number of nitrogens with one attached hydrogen (secondary N) is 1. The summed E-state index contributed by atoms with van der Waals surface area (Å²) in [4.78, 5) is 15.1. The van der Waals surface area contributed by atoms with E-state index in [9.17, 15) is 36.2 Å². The Bertz CT molecular complexity index is 1600. The Balaban J connectivity index is 1.11. The van der Waals surface area contributed by atoms with Crippen LogP contribution in [0.15, 0.2) is 47.6 Å². The van der Waals surface area contributed by atoms with Crippen LogP contribution in [0.25, 0.3) is 0 Å². The summed E-state index contributed by atoms with van der Waals surface area (Å²) in [6, 6.07) is 13.4. The van der Waals surface area contributed by atoms with Crippen LogP contribution >= 0.6 is 0 Å². The van der Waals surface area contributed by atoms with Crippen LogP contribution in [0.2, 0.25) is 0 Å². The zero-order chi connectivity index (χ0) is 36.4. The maximum Gasteiger partial charge on any atom is 0.453 e. The number of carbonyl (C=O) groups excluding carboxylic acids is 1. The SMILES string of the molecule is C[C@]12CC[C@@H]3c4ccc(OC(=O)Nc5ccc(N6CCOCC6)cc5)cc4C[C@@H](CCCS(=O)CCCC(F)(F)C(F)(F)F)[C@H]3[C@@H]1CC/C2=N/O. The maximum atomic E-state index is 13.3. The quantitative estimate of drug-likeness (QED) is 0.136. The van der Waals surface area contributed by atoms with E-state index in [1.165, 1.54) is 5.56 Å². The predicted molar refractivity (Wildman–Crippen MR) is 186 cm³/mol. The second-order valence-electron chi connectivity index (χ2n) is 14.6. The minimum absolute atomic E-state index is 0.172. The van der Waals surface area contributed by atoms with Gasteiger partial charge in [-0.15, -0.1) is 0 Å². The molecular weight excluding hydrogens is 693 g/mol. The Morgan fingerprint density at radius 2 is 1.80 bits per heavy atom. The lowest BCUT2D eigenvalue weighted by Gasteiger charge is -2.52. The molecule has 8 nitrogen and oxygen atoms in total. The molecule has 0 spiro atoms. The summed E-state index contributed by atoms with van der Waals surface area (Å²) >= 11 is 0. The number of fused-ring (bicyclic) bond motifs is 5. The molecular formula is C37H46F5N3O5S. The lowest BCUT2D eigenvalue weighted by Crippen LogP contribution is -2.46. The number of amides is 1. The number of ether oxygens (including phenoxy) is 2. The third-order valence-corrected chi connectivity index (χ3v) is 13.1. The Morgan fingerprint density at radius 3 is 2.51 bits per heavy atom. The molecule has 3 fully saturated rings. The molecule has 1 saturated heterocycles. The minimum atomic E-state index is -5.61. The van der Waals surface area contributed by atoms with Gasteiger partial charge < -0.3 is 19.6 Å². The number of halogens is 5. The summed E-state index contributed by atoms with van der Waals surface area (Å²) in [6.07, 6.45) is -2.73. The summed E-state index contributed by atoms with van der Waals surface area (Å²) in [5.74, 6) is -3.39. The zero-order valence-electron chi connectivity index (χ0n) is 28.7. The van der Waals surface area contributed by atoms with Crippen molar-refractivity contribution < 1.29 is 45.6 Å². The van der Waals surface area contributed by atoms with E-state index in [2.05, 4.69) is 22.3 Å². The summed E-state index contributed by atoms with van der Waals surface area (Å²) in [6.45, 7) is 5.16. The van der Waals surface area contributed by atoms with E-state index in [4.69, 9.17) is 9.47 Å². The Hall–Kier alpha value is -3.26. The molecule has 14 heteroatoms. The molecule has 1 amide bonds. The molecule has 0 aromatic heterocycles. The van der Waals surface area contributed by atoms with Gasteiger partial charge in [0, 0.05) is 58.6 Å². The molecule has 2 aromatic carbocycles. The van der Waals surface area contributed by atoms with Gasteiger partial charge in [-0.05, 0) is 123 Å². The maximum absolute atomic E-state index is 13.3. The highest BCUT2D eigenvalue weighted by Gasteiger charge is 2.57. The Kier molecular flexibility index (Phi) is 11.3.